The SMILES string of the molecule is CC(C)N1CN(c2cccc3c2oc2ccccc23)c2ncccc21. The Hall–Kier alpha value is -3.01. The van der Waals surface area contributed by atoms with Gasteiger partial charge in [0.25, 0.3) is 0 Å². The van der Waals surface area contributed by atoms with Gasteiger partial charge in [-0.3, -0.25) is 0 Å². The molecule has 1 aliphatic heterocycles. The van der Waals surface area contributed by atoms with Crippen LogP contribution in [0.2, 0.25) is 0 Å². The normalized spacial score (nSPS) is 14.0. The first-order valence-corrected chi connectivity index (χ1v) is 8.63. The van der Waals surface area contributed by atoms with Crippen molar-refractivity contribution in [2.45, 2.75) is 19.9 Å². The molecule has 0 N–H and O–H groups in total. The summed E-state index contributed by atoms with van der Waals surface area (Å²) in [7, 11) is 0. The van der Waals surface area contributed by atoms with Gasteiger partial charge in [0, 0.05) is 23.0 Å². The molecule has 2 aromatic heterocycles. The molecule has 124 valence electrons. The van der Waals surface area contributed by atoms with Gasteiger partial charge in [-0.05, 0) is 38.1 Å². The van der Waals surface area contributed by atoms with Gasteiger partial charge < -0.3 is 14.2 Å². The molecule has 0 unspecified atom stereocenters. The fourth-order valence-electron chi connectivity index (χ4n) is 3.69. The molecule has 25 heavy (non-hydrogen) atoms. The van der Waals surface area contributed by atoms with Gasteiger partial charge in [-0.25, -0.2) is 4.98 Å². The lowest BCUT2D eigenvalue weighted by atomic mass is 10.1. The van der Waals surface area contributed by atoms with Gasteiger partial charge in [-0.2, -0.15) is 0 Å². The van der Waals surface area contributed by atoms with Gasteiger partial charge >= 0.3 is 0 Å². The molecular formula is C21H19N3O. The number of anilines is 3. The molecule has 4 nitrogen and oxygen atoms in total. The fourth-order valence-corrected chi connectivity index (χ4v) is 3.69. The van der Waals surface area contributed by atoms with Gasteiger partial charge in [-0.1, -0.05) is 30.3 Å². The van der Waals surface area contributed by atoms with Gasteiger partial charge in [0.05, 0.1) is 18.0 Å². The van der Waals surface area contributed by atoms with Gasteiger partial charge in [-0.15, -0.1) is 0 Å². The zero-order chi connectivity index (χ0) is 17.0. The first-order chi connectivity index (χ1) is 12.2. The molecule has 5 rings (SSSR count). The highest BCUT2D eigenvalue weighted by Crippen LogP contribution is 2.43. The predicted octanol–water partition coefficient (Wildman–Crippen LogP) is 5.31. The van der Waals surface area contributed by atoms with Gasteiger partial charge in [0.1, 0.15) is 5.58 Å². The lowest BCUT2D eigenvalue weighted by molar-refractivity contribution is 0.665. The lowest BCUT2D eigenvalue weighted by Gasteiger charge is -2.24. The third-order valence-corrected chi connectivity index (χ3v) is 4.92. The number of hydrogen-bond donors (Lipinski definition) is 0. The maximum Gasteiger partial charge on any atom is 0.159 e. The second kappa shape index (κ2) is 5.24. The average Bonchev–Trinajstić information content (AvgIpc) is 3.20. The number of furan rings is 1. The first-order valence-electron chi connectivity index (χ1n) is 8.63. The molecule has 0 spiro atoms. The Morgan fingerprint density at radius 3 is 2.60 bits per heavy atom. The molecule has 0 aliphatic carbocycles. The van der Waals surface area contributed by atoms with Crippen molar-refractivity contribution in [3.05, 3.63) is 60.8 Å². The van der Waals surface area contributed by atoms with Crippen molar-refractivity contribution < 1.29 is 4.42 Å². The molecule has 0 amide bonds. The third kappa shape index (κ3) is 2.03. The van der Waals surface area contributed by atoms with E-state index in [2.05, 4.69) is 65.0 Å². The summed E-state index contributed by atoms with van der Waals surface area (Å²) in [5.74, 6) is 0.990. The number of fused-ring (bicyclic) bond motifs is 4. The Labute approximate surface area is 146 Å². The van der Waals surface area contributed by atoms with Crippen LogP contribution in [0.4, 0.5) is 17.2 Å². The zero-order valence-electron chi connectivity index (χ0n) is 14.3. The third-order valence-electron chi connectivity index (χ3n) is 4.92. The smallest absolute Gasteiger partial charge is 0.159 e. The maximum absolute atomic E-state index is 6.22. The molecule has 0 atom stereocenters. The Morgan fingerprint density at radius 1 is 0.920 bits per heavy atom. The molecule has 0 fully saturated rings. The summed E-state index contributed by atoms with van der Waals surface area (Å²) in [6.07, 6.45) is 1.86. The van der Waals surface area contributed by atoms with E-state index in [0.717, 1.165) is 40.1 Å². The molecule has 0 saturated heterocycles. The summed E-state index contributed by atoms with van der Waals surface area (Å²) >= 11 is 0. The van der Waals surface area contributed by atoms with Crippen molar-refractivity contribution in [2.75, 3.05) is 16.5 Å². The highest BCUT2D eigenvalue weighted by atomic mass is 16.3. The number of benzene rings is 2. The van der Waals surface area contributed by atoms with Crippen LogP contribution in [0, 0.1) is 0 Å². The summed E-state index contributed by atoms with van der Waals surface area (Å²) < 4.78 is 6.22. The second-order valence-corrected chi connectivity index (χ2v) is 6.73. The zero-order valence-corrected chi connectivity index (χ0v) is 14.3. The molecular weight excluding hydrogens is 310 g/mol. The van der Waals surface area contributed by atoms with Crippen LogP contribution in [-0.2, 0) is 0 Å². The Balaban J connectivity index is 1.74. The Kier molecular flexibility index (Phi) is 3.01. The largest absolute Gasteiger partial charge is 0.454 e. The molecule has 0 radical (unpaired) electrons. The number of pyridine rings is 1. The van der Waals surface area contributed by atoms with Crippen molar-refractivity contribution in [1.29, 1.82) is 0 Å². The highest BCUT2D eigenvalue weighted by Gasteiger charge is 2.31. The van der Waals surface area contributed by atoms with Crippen LogP contribution in [0.3, 0.4) is 0 Å². The van der Waals surface area contributed by atoms with E-state index in [9.17, 15) is 0 Å². The molecule has 3 heterocycles. The van der Waals surface area contributed by atoms with Crippen LogP contribution in [0.5, 0.6) is 0 Å². The van der Waals surface area contributed by atoms with E-state index in [0.29, 0.717) is 6.04 Å². The standard InChI is InChI=1S/C21H19N3O/c1-14(2)23-13-24(21-18(23)10-6-12-22-21)17-9-5-8-16-15-7-3-4-11-19(15)25-20(16)17/h3-12,14H,13H2,1-2H3. The van der Waals surface area contributed by atoms with E-state index >= 15 is 0 Å². The number of rotatable bonds is 2. The summed E-state index contributed by atoms with van der Waals surface area (Å²) in [5.41, 5.74) is 4.08. The van der Waals surface area contributed by atoms with Crippen LogP contribution in [0.1, 0.15) is 13.8 Å². The minimum atomic E-state index is 0.405. The molecule has 2 aromatic carbocycles. The average molecular weight is 329 g/mol. The minimum Gasteiger partial charge on any atom is -0.454 e. The van der Waals surface area contributed by atoms with Crippen molar-refractivity contribution in [1.82, 2.24) is 4.98 Å². The summed E-state index contributed by atoms with van der Waals surface area (Å²) in [6.45, 7) is 5.20. The van der Waals surface area contributed by atoms with E-state index in [1.807, 2.05) is 24.4 Å². The number of aromatic nitrogens is 1. The quantitative estimate of drug-likeness (QED) is 0.499. The lowest BCUT2D eigenvalue weighted by Crippen LogP contribution is -2.33. The van der Waals surface area contributed by atoms with E-state index in [4.69, 9.17) is 4.42 Å². The minimum absolute atomic E-state index is 0.405. The molecule has 4 aromatic rings. The molecule has 1 aliphatic rings. The van der Waals surface area contributed by atoms with E-state index in [1.54, 1.807) is 0 Å². The topological polar surface area (TPSA) is 32.5 Å². The van der Waals surface area contributed by atoms with E-state index in [-0.39, 0.29) is 0 Å². The number of nitrogens with zero attached hydrogens (tertiary/aromatic N) is 3. The summed E-state index contributed by atoms with van der Waals surface area (Å²) in [4.78, 5) is 9.27. The fraction of sp³-hybridized carbons (Fsp3) is 0.190. The van der Waals surface area contributed by atoms with Crippen LogP contribution in [0.15, 0.2) is 65.2 Å². The summed E-state index contributed by atoms with van der Waals surface area (Å²) in [5, 5.41) is 2.30. The molecule has 0 saturated carbocycles. The van der Waals surface area contributed by atoms with Gasteiger partial charge in [0.2, 0.25) is 0 Å². The van der Waals surface area contributed by atoms with Crippen molar-refractivity contribution in [3.8, 4) is 0 Å². The molecule has 4 heteroatoms. The molecule has 0 bridgehead atoms. The van der Waals surface area contributed by atoms with Crippen molar-refractivity contribution in [2.24, 2.45) is 0 Å². The van der Waals surface area contributed by atoms with Crippen LogP contribution in [0.25, 0.3) is 21.9 Å². The van der Waals surface area contributed by atoms with Gasteiger partial charge in [0.15, 0.2) is 11.4 Å². The highest BCUT2D eigenvalue weighted by molar-refractivity contribution is 6.09. The second-order valence-electron chi connectivity index (χ2n) is 6.73. The Bertz CT molecular complexity index is 1080. The number of hydrogen-bond acceptors (Lipinski definition) is 4. The Morgan fingerprint density at radius 2 is 1.72 bits per heavy atom. The monoisotopic (exact) mass is 329 g/mol. The van der Waals surface area contributed by atoms with Crippen LogP contribution in [-0.4, -0.2) is 17.7 Å². The predicted molar refractivity (Wildman–Crippen MR) is 103 cm³/mol. The summed E-state index contributed by atoms with van der Waals surface area (Å²) in [6, 6.07) is 19.1. The number of para-hydroxylation sites is 2. The van der Waals surface area contributed by atoms with Crippen molar-refractivity contribution in [3.63, 3.8) is 0 Å². The van der Waals surface area contributed by atoms with Crippen molar-refractivity contribution >= 4 is 39.1 Å². The van der Waals surface area contributed by atoms with E-state index < -0.39 is 0 Å². The van der Waals surface area contributed by atoms with Crippen LogP contribution >= 0.6 is 0 Å². The first kappa shape index (κ1) is 14.3. The van der Waals surface area contributed by atoms with Crippen LogP contribution < -0.4 is 9.80 Å². The van der Waals surface area contributed by atoms with E-state index in [1.165, 1.54) is 5.69 Å². The maximum atomic E-state index is 6.22.